The summed E-state index contributed by atoms with van der Waals surface area (Å²) >= 11 is 0. The lowest BCUT2D eigenvalue weighted by molar-refractivity contribution is -0.0974. The smallest absolute Gasteiger partial charge is 0.114 e. The molecule has 2 heterocycles. The third-order valence-corrected chi connectivity index (χ3v) is 3.13. The highest BCUT2D eigenvalue weighted by atomic mass is 16.5. The fourth-order valence-electron chi connectivity index (χ4n) is 2.09. The number of rotatable bonds is 3. The van der Waals surface area contributed by atoms with Gasteiger partial charge in [0.15, 0.2) is 0 Å². The Bertz CT molecular complexity index is 348. The maximum atomic E-state index is 9.09. The van der Waals surface area contributed by atoms with Crippen molar-refractivity contribution in [2.45, 2.75) is 25.0 Å². The molecular weight excluding hydrogens is 206 g/mol. The molecule has 1 aromatic heterocycles. The molecule has 0 bridgehead atoms. The SMILES string of the molecule is COC1(c2cccc(CO)n2)CCOCC1. The van der Waals surface area contributed by atoms with Gasteiger partial charge in [-0.2, -0.15) is 0 Å². The summed E-state index contributed by atoms with van der Waals surface area (Å²) in [6.07, 6.45) is 1.62. The molecule has 2 rings (SSSR count). The summed E-state index contributed by atoms with van der Waals surface area (Å²) in [6, 6.07) is 5.67. The van der Waals surface area contributed by atoms with Crippen LogP contribution in [0.15, 0.2) is 18.2 Å². The van der Waals surface area contributed by atoms with E-state index in [2.05, 4.69) is 4.98 Å². The largest absolute Gasteiger partial charge is 0.390 e. The Kier molecular flexibility index (Phi) is 3.53. The first-order valence-corrected chi connectivity index (χ1v) is 5.51. The molecule has 1 aliphatic rings. The summed E-state index contributed by atoms with van der Waals surface area (Å²) < 4.78 is 11.0. The highest BCUT2D eigenvalue weighted by Crippen LogP contribution is 2.34. The lowest BCUT2D eigenvalue weighted by atomic mass is 9.90. The molecule has 4 heteroatoms. The summed E-state index contributed by atoms with van der Waals surface area (Å²) in [5, 5.41) is 9.09. The zero-order chi connectivity index (χ0) is 11.4. The van der Waals surface area contributed by atoms with Gasteiger partial charge in [0, 0.05) is 33.2 Å². The molecule has 0 saturated carbocycles. The molecule has 1 aromatic rings. The predicted molar refractivity (Wildman–Crippen MR) is 58.9 cm³/mol. The fourth-order valence-corrected chi connectivity index (χ4v) is 2.09. The molecule has 1 saturated heterocycles. The third-order valence-electron chi connectivity index (χ3n) is 3.13. The second-order valence-electron chi connectivity index (χ2n) is 3.98. The van der Waals surface area contributed by atoms with Gasteiger partial charge < -0.3 is 14.6 Å². The van der Waals surface area contributed by atoms with Crippen molar-refractivity contribution in [2.75, 3.05) is 20.3 Å². The Morgan fingerprint density at radius 3 is 2.81 bits per heavy atom. The van der Waals surface area contributed by atoms with Crippen LogP contribution in [0.4, 0.5) is 0 Å². The second-order valence-corrected chi connectivity index (χ2v) is 3.98. The number of nitrogens with zero attached hydrogens (tertiary/aromatic N) is 1. The van der Waals surface area contributed by atoms with Gasteiger partial charge in [0.2, 0.25) is 0 Å². The first kappa shape index (κ1) is 11.5. The summed E-state index contributed by atoms with van der Waals surface area (Å²) in [4.78, 5) is 4.43. The maximum Gasteiger partial charge on any atom is 0.114 e. The molecule has 1 fully saturated rings. The molecule has 1 N–H and O–H groups in total. The number of hydrogen-bond acceptors (Lipinski definition) is 4. The molecule has 0 radical (unpaired) electrons. The van der Waals surface area contributed by atoms with Crippen LogP contribution in [0.5, 0.6) is 0 Å². The number of aliphatic hydroxyl groups excluding tert-OH is 1. The summed E-state index contributed by atoms with van der Waals surface area (Å²) in [7, 11) is 1.71. The number of aliphatic hydroxyl groups is 1. The average Bonchev–Trinajstić information content (AvgIpc) is 2.39. The van der Waals surface area contributed by atoms with Gasteiger partial charge in [-0.15, -0.1) is 0 Å². The van der Waals surface area contributed by atoms with Crippen LogP contribution in [0.2, 0.25) is 0 Å². The van der Waals surface area contributed by atoms with Crippen molar-refractivity contribution < 1.29 is 14.6 Å². The van der Waals surface area contributed by atoms with Crippen molar-refractivity contribution in [3.8, 4) is 0 Å². The van der Waals surface area contributed by atoms with Crippen LogP contribution in [-0.4, -0.2) is 30.4 Å². The van der Waals surface area contributed by atoms with Crippen molar-refractivity contribution in [1.29, 1.82) is 0 Å². The van der Waals surface area contributed by atoms with Crippen molar-refractivity contribution in [3.63, 3.8) is 0 Å². The van der Waals surface area contributed by atoms with Crippen LogP contribution in [0.3, 0.4) is 0 Å². The molecule has 0 atom stereocenters. The molecule has 0 aliphatic carbocycles. The molecule has 0 unspecified atom stereocenters. The Balaban J connectivity index is 2.31. The average molecular weight is 223 g/mol. The van der Waals surface area contributed by atoms with E-state index in [0.29, 0.717) is 18.9 Å². The van der Waals surface area contributed by atoms with Crippen LogP contribution >= 0.6 is 0 Å². The van der Waals surface area contributed by atoms with E-state index in [9.17, 15) is 0 Å². The first-order valence-electron chi connectivity index (χ1n) is 5.51. The van der Waals surface area contributed by atoms with Crippen LogP contribution in [0.25, 0.3) is 0 Å². The predicted octanol–water partition coefficient (Wildman–Crippen LogP) is 1.23. The molecule has 1 aliphatic heterocycles. The van der Waals surface area contributed by atoms with Gasteiger partial charge in [-0.25, -0.2) is 0 Å². The zero-order valence-corrected chi connectivity index (χ0v) is 9.48. The van der Waals surface area contributed by atoms with E-state index in [1.807, 2.05) is 18.2 Å². The molecule has 88 valence electrons. The van der Waals surface area contributed by atoms with Crippen molar-refractivity contribution in [2.24, 2.45) is 0 Å². The quantitative estimate of drug-likeness (QED) is 0.837. The van der Waals surface area contributed by atoms with Gasteiger partial charge in [0.05, 0.1) is 18.0 Å². The summed E-state index contributed by atoms with van der Waals surface area (Å²) in [6.45, 7) is 1.35. The Morgan fingerprint density at radius 1 is 1.44 bits per heavy atom. The minimum absolute atomic E-state index is 0.0376. The number of aromatic nitrogens is 1. The number of hydrogen-bond donors (Lipinski definition) is 1. The summed E-state index contributed by atoms with van der Waals surface area (Å²) in [5.74, 6) is 0. The zero-order valence-electron chi connectivity index (χ0n) is 9.48. The normalized spacial score (nSPS) is 19.6. The Labute approximate surface area is 95.2 Å². The maximum absolute atomic E-state index is 9.09. The summed E-state index contributed by atoms with van der Waals surface area (Å²) in [5.41, 5.74) is 1.23. The van der Waals surface area contributed by atoms with Gasteiger partial charge >= 0.3 is 0 Å². The van der Waals surface area contributed by atoms with E-state index in [4.69, 9.17) is 14.6 Å². The molecule has 0 spiro atoms. The van der Waals surface area contributed by atoms with E-state index in [0.717, 1.165) is 18.5 Å². The number of methoxy groups -OCH3 is 1. The van der Waals surface area contributed by atoms with Crippen molar-refractivity contribution in [3.05, 3.63) is 29.6 Å². The molecule has 16 heavy (non-hydrogen) atoms. The Morgan fingerprint density at radius 2 is 2.19 bits per heavy atom. The van der Waals surface area contributed by atoms with Crippen LogP contribution in [0, 0.1) is 0 Å². The third kappa shape index (κ3) is 2.09. The van der Waals surface area contributed by atoms with Crippen molar-refractivity contribution in [1.82, 2.24) is 4.98 Å². The minimum Gasteiger partial charge on any atom is -0.390 e. The highest BCUT2D eigenvalue weighted by Gasteiger charge is 2.35. The van der Waals surface area contributed by atoms with Crippen molar-refractivity contribution >= 4 is 0 Å². The van der Waals surface area contributed by atoms with E-state index < -0.39 is 0 Å². The van der Waals surface area contributed by atoms with Crippen LogP contribution in [-0.2, 0) is 21.7 Å². The Hall–Kier alpha value is -0.970. The molecule has 0 amide bonds. The minimum atomic E-state index is -0.344. The van der Waals surface area contributed by atoms with Crippen LogP contribution in [0.1, 0.15) is 24.2 Å². The van der Waals surface area contributed by atoms with Gasteiger partial charge in [-0.05, 0) is 12.1 Å². The molecule has 4 nitrogen and oxygen atoms in total. The number of ether oxygens (including phenoxy) is 2. The van der Waals surface area contributed by atoms with E-state index >= 15 is 0 Å². The van der Waals surface area contributed by atoms with E-state index in [1.165, 1.54) is 0 Å². The second kappa shape index (κ2) is 4.91. The topological polar surface area (TPSA) is 51.6 Å². The van der Waals surface area contributed by atoms with Gasteiger partial charge in [-0.3, -0.25) is 4.98 Å². The van der Waals surface area contributed by atoms with E-state index in [1.54, 1.807) is 7.11 Å². The lowest BCUT2D eigenvalue weighted by Gasteiger charge is -2.35. The number of pyridine rings is 1. The fraction of sp³-hybridized carbons (Fsp3) is 0.583. The van der Waals surface area contributed by atoms with Crippen LogP contribution < -0.4 is 0 Å². The van der Waals surface area contributed by atoms with Gasteiger partial charge in [0.25, 0.3) is 0 Å². The van der Waals surface area contributed by atoms with E-state index in [-0.39, 0.29) is 12.2 Å². The standard InChI is InChI=1S/C12H17NO3/c1-15-12(5-7-16-8-6-12)11-4-2-3-10(9-14)13-11/h2-4,14H,5-9H2,1H3. The van der Waals surface area contributed by atoms with Gasteiger partial charge in [0.1, 0.15) is 5.60 Å². The van der Waals surface area contributed by atoms with Gasteiger partial charge in [-0.1, -0.05) is 6.07 Å². The highest BCUT2D eigenvalue weighted by molar-refractivity contribution is 5.18. The first-order chi connectivity index (χ1) is 7.80. The molecular formula is C12H17NO3. The molecule has 0 aromatic carbocycles. The lowest BCUT2D eigenvalue weighted by Crippen LogP contribution is -2.36. The monoisotopic (exact) mass is 223 g/mol.